The van der Waals surface area contributed by atoms with Gasteiger partial charge >= 0.3 is 5.97 Å². The first-order valence-electron chi connectivity index (χ1n) is 5.81. The van der Waals surface area contributed by atoms with E-state index in [1.807, 2.05) is 18.2 Å². The number of carbonyl (C=O) groups is 1. The Morgan fingerprint density at radius 2 is 1.81 bits per heavy atom. The molecule has 0 fully saturated rings. The van der Waals surface area contributed by atoms with Crippen LogP contribution in [0.25, 0.3) is 0 Å². The van der Waals surface area contributed by atoms with Crippen molar-refractivity contribution < 1.29 is 9.53 Å². The summed E-state index contributed by atoms with van der Waals surface area (Å²) in [6.45, 7) is 6.97. The summed E-state index contributed by atoms with van der Waals surface area (Å²) in [6, 6.07) is 9.12. The molecule has 88 valence electrons. The van der Waals surface area contributed by atoms with E-state index in [4.69, 9.17) is 4.74 Å². The number of rotatable bonds is 5. The number of benzene rings is 1. The van der Waals surface area contributed by atoms with Gasteiger partial charge in [-0.25, -0.2) is 4.79 Å². The number of hydrogen-bond acceptors (Lipinski definition) is 2. The Labute approximate surface area is 97.6 Å². The Balaban J connectivity index is 2.36. The van der Waals surface area contributed by atoms with Crippen molar-refractivity contribution in [3.63, 3.8) is 0 Å². The zero-order chi connectivity index (χ0) is 12.0. The fourth-order valence-electron chi connectivity index (χ4n) is 1.75. The fraction of sp³-hybridized carbons (Fsp3) is 0.500. The summed E-state index contributed by atoms with van der Waals surface area (Å²) in [7, 11) is 0. The van der Waals surface area contributed by atoms with Crippen molar-refractivity contribution in [2.75, 3.05) is 6.61 Å². The van der Waals surface area contributed by atoms with Gasteiger partial charge in [-0.3, -0.25) is 0 Å². The Bertz CT molecular complexity index is 317. The second kappa shape index (κ2) is 6.31. The summed E-state index contributed by atoms with van der Waals surface area (Å²) < 4.78 is 5.25. The highest BCUT2D eigenvalue weighted by Gasteiger charge is 2.10. The molecule has 1 aromatic carbocycles. The molecule has 0 aromatic heterocycles. The fourth-order valence-corrected chi connectivity index (χ4v) is 1.75. The molecule has 0 aliphatic heterocycles. The van der Waals surface area contributed by atoms with Crippen molar-refractivity contribution in [1.29, 1.82) is 0 Å². The van der Waals surface area contributed by atoms with E-state index in [1.54, 1.807) is 12.1 Å². The first kappa shape index (κ1) is 12.8. The number of ether oxygens (including phenoxy) is 1. The third kappa shape index (κ3) is 4.47. The van der Waals surface area contributed by atoms with Crippen molar-refractivity contribution in [2.24, 2.45) is 11.8 Å². The van der Waals surface area contributed by atoms with Crippen molar-refractivity contribution in [3.05, 3.63) is 35.9 Å². The first-order valence-corrected chi connectivity index (χ1v) is 5.81. The van der Waals surface area contributed by atoms with Crippen LogP contribution in [0.1, 0.15) is 37.6 Å². The molecule has 0 N–H and O–H groups in total. The summed E-state index contributed by atoms with van der Waals surface area (Å²) in [6.07, 6.45) is 1.09. The standard InChI is InChI=1S/C14H20O2/c1-11(2)9-12(3)10-16-14(15)13-7-5-4-6-8-13/h4-8,11-12H,9-10H2,1-3H3/t12-/m1/s1. The lowest BCUT2D eigenvalue weighted by Gasteiger charge is -2.13. The lowest BCUT2D eigenvalue weighted by atomic mass is 10.00. The maximum absolute atomic E-state index is 11.6. The molecule has 1 atom stereocenters. The van der Waals surface area contributed by atoms with Crippen molar-refractivity contribution in [2.45, 2.75) is 27.2 Å². The van der Waals surface area contributed by atoms with Gasteiger partial charge in [0.05, 0.1) is 12.2 Å². The van der Waals surface area contributed by atoms with Crippen LogP contribution in [0.2, 0.25) is 0 Å². The van der Waals surface area contributed by atoms with Gasteiger partial charge in [0.25, 0.3) is 0 Å². The molecule has 0 unspecified atom stereocenters. The lowest BCUT2D eigenvalue weighted by Crippen LogP contribution is -2.13. The molecule has 0 radical (unpaired) electrons. The van der Waals surface area contributed by atoms with Gasteiger partial charge in [-0.15, -0.1) is 0 Å². The SMILES string of the molecule is CC(C)C[C@@H](C)COC(=O)c1ccccc1. The van der Waals surface area contributed by atoms with E-state index in [0.29, 0.717) is 24.0 Å². The van der Waals surface area contributed by atoms with E-state index < -0.39 is 0 Å². The Morgan fingerprint density at radius 1 is 1.19 bits per heavy atom. The van der Waals surface area contributed by atoms with Crippen LogP contribution < -0.4 is 0 Å². The molecule has 0 aliphatic carbocycles. The van der Waals surface area contributed by atoms with Crippen LogP contribution >= 0.6 is 0 Å². The monoisotopic (exact) mass is 220 g/mol. The van der Waals surface area contributed by atoms with Crippen LogP contribution in [-0.2, 0) is 4.74 Å². The van der Waals surface area contributed by atoms with Crippen LogP contribution in [0.4, 0.5) is 0 Å². The summed E-state index contributed by atoms with van der Waals surface area (Å²) in [4.78, 5) is 11.6. The minimum atomic E-state index is -0.226. The number of hydrogen-bond donors (Lipinski definition) is 0. The van der Waals surface area contributed by atoms with E-state index in [1.165, 1.54) is 0 Å². The van der Waals surface area contributed by atoms with E-state index in [2.05, 4.69) is 20.8 Å². The third-order valence-corrected chi connectivity index (χ3v) is 2.38. The van der Waals surface area contributed by atoms with Crippen LogP contribution in [-0.4, -0.2) is 12.6 Å². The van der Waals surface area contributed by atoms with Gasteiger partial charge < -0.3 is 4.74 Å². The number of carbonyl (C=O) groups excluding carboxylic acids is 1. The van der Waals surface area contributed by atoms with Crippen LogP contribution in [0, 0.1) is 11.8 Å². The largest absolute Gasteiger partial charge is 0.462 e. The predicted molar refractivity (Wildman–Crippen MR) is 65.3 cm³/mol. The molecule has 0 amide bonds. The normalized spacial score (nSPS) is 12.5. The second-order valence-corrected chi connectivity index (χ2v) is 4.70. The maximum atomic E-state index is 11.6. The third-order valence-electron chi connectivity index (χ3n) is 2.38. The second-order valence-electron chi connectivity index (χ2n) is 4.70. The summed E-state index contributed by atoms with van der Waals surface area (Å²) in [5, 5.41) is 0. The molecule has 0 spiro atoms. The van der Waals surface area contributed by atoms with Crippen LogP contribution in [0.15, 0.2) is 30.3 Å². The van der Waals surface area contributed by atoms with Crippen molar-refractivity contribution in [1.82, 2.24) is 0 Å². The van der Waals surface area contributed by atoms with Gasteiger partial charge in [0.2, 0.25) is 0 Å². The highest BCUT2D eigenvalue weighted by molar-refractivity contribution is 5.89. The summed E-state index contributed by atoms with van der Waals surface area (Å²) >= 11 is 0. The molecule has 16 heavy (non-hydrogen) atoms. The topological polar surface area (TPSA) is 26.3 Å². The smallest absolute Gasteiger partial charge is 0.338 e. The van der Waals surface area contributed by atoms with E-state index in [-0.39, 0.29) is 5.97 Å². The predicted octanol–water partition coefficient (Wildman–Crippen LogP) is 3.53. The van der Waals surface area contributed by atoms with E-state index >= 15 is 0 Å². The minimum Gasteiger partial charge on any atom is -0.462 e. The molecule has 1 rings (SSSR count). The average molecular weight is 220 g/mol. The lowest BCUT2D eigenvalue weighted by molar-refractivity contribution is 0.0436. The number of esters is 1. The Hall–Kier alpha value is -1.31. The van der Waals surface area contributed by atoms with E-state index in [9.17, 15) is 4.79 Å². The van der Waals surface area contributed by atoms with Crippen LogP contribution in [0.5, 0.6) is 0 Å². The van der Waals surface area contributed by atoms with Gasteiger partial charge in [0.15, 0.2) is 0 Å². The summed E-state index contributed by atoms with van der Waals surface area (Å²) in [5.74, 6) is 0.842. The molecule has 0 saturated heterocycles. The van der Waals surface area contributed by atoms with Crippen molar-refractivity contribution in [3.8, 4) is 0 Å². The van der Waals surface area contributed by atoms with Gasteiger partial charge in [0, 0.05) is 0 Å². The maximum Gasteiger partial charge on any atom is 0.338 e. The molecular formula is C14H20O2. The minimum absolute atomic E-state index is 0.226. The molecule has 2 nitrogen and oxygen atoms in total. The van der Waals surface area contributed by atoms with E-state index in [0.717, 1.165) is 6.42 Å². The Kier molecular flexibility index (Phi) is 5.03. The molecule has 0 bridgehead atoms. The average Bonchev–Trinajstić information content (AvgIpc) is 2.26. The quantitative estimate of drug-likeness (QED) is 0.710. The van der Waals surface area contributed by atoms with Crippen LogP contribution in [0.3, 0.4) is 0 Å². The zero-order valence-electron chi connectivity index (χ0n) is 10.3. The van der Waals surface area contributed by atoms with Gasteiger partial charge in [-0.1, -0.05) is 39.0 Å². The van der Waals surface area contributed by atoms with Gasteiger partial charge in [-0.2, -0.15) is 0 Å². The van der Waals surface area contributed by atoms with Crippen molar-refractivity contribution >= 4 is 5.97 Å². The van der Waals surface area contributed by atoms with Gasteiger partial charge in [-0.05, 0) is 30.4 Å². The molecular weight excluding hydrogens is 200 g/mol. The molecule has 2 heteroatoms. The molecule has 0 heterocycles. The highest BCUT2D eigenvalue weighted by atomic mass is 16.5. The molecule has 0 saturated carbocycles. The first-order chi connectivity index (χ1) is 7.59. The summed E-state index contributed by atoms with van der Waals surface area (Å²) in [5.41, 5.74) is 0.624. The van der Waals surface area contributed by atoms with Gasteiger partial charge in [0.1, 0.15) is 0 Å². The zero-order valence-corrected chi connectivity index (χ0v) is 10.3. The molecule has 1 aromatic rings. The molecule has 0 aliphatic rings. The Morgan fingerprint density at radius 3 is 2.38 bits per heavy atom. The highest BCUT2D eigenvalue weighted by Crippen LogP contribution is 2.12.